The van der Waals surface area contributed by atoms with Crippen molar-refractivity contribution in [2.24, 2.45) is 7.05 Å². The van der Waals surface area contributed by atoms with Gasteiger partial charge in [0.1, 0.15) is 0 Å². The van der Waals surface area contributed by atoms with Gasteiger partial charge < -0.3 is 10.2 Å². The third kappa shape index (κ3) is 3.61. The second kappa shape index (κ2) is 6.93. The molecule has 130 valence electrons. The summed E-state index contributed by atoms with van der Waals surface area (Å²) in [6, 6.07) is -0.0450. The predicted octanol–water partition coefficient (Wildman–Crippen LogP) is 3.72. The van der Waals surface area contributed by atoms with Crippen molar-refractivity contribution in [1.29, 1.82) is 0 Å². The number of aryl methyl sites for hydroxylation is 2. The Morgan fingerprint density at radius 3 is 2.88 bits per heavy atom. The van der Waals surface area contributed by atoms with Gasteiger partial charge in [0, 0.05) is 37.6 Å². The lowest BCUT2D eigenvalue weighted by molar-refractivity contribution is 0.192. The largest absolute Gasteiger partial charge is 0.324 e. The van der Waals surface area contributed by atoms with Crippen LogP contribution in [0.25, 0.3) is 0 Å². The lowest BCUT2D eigenvalue weighted by Gasteiger charge is -2.31. The van der Waals surface area contributed by atoms with Gasteiger partial charge in [-0.1, -0.05) is 13.8 Å². The summed E-state index contributed by atoms with van der Waals surface area (Å²) in [6.45, 7) is 7.75. The number of thiazole rings is 1. The molecule has 0 aromatic carbocycles. The van der Waals surface area contributed by atoms with Crippen molar-refractivity contribution in [2.75, 3.05) is 18.4 Å². The van der Waals surface area contributed by atoms with E-state index in [-0.39, 0.29) is 6.03 Å². The standard InChI is InChI=1S/C17H25N5OS/c1-11(2)15-10-24-16(18-15)13-6-5-7-22(8-13)17(23)19-14-9-21(4)20-12(14)3/h9-11,13H,5-8H2,1-4H3,(H,19,23)/t13-/m1/s1. The number of piperidine rings is 1. The zero-order valence-corrected chi connectivity index (χ0v) is 15.6. The van der Waals surface area contributed by atoms with Gasteiger partial charge in [0.2, 0.25) is 0 Å². The van der Waals surface area contributed by atoms with Gasteiger partial charge in [0.25, 0.3) is 0 Å². The zero-order valence-electron chi connectivity index (χ0n) is 14.7. The van der Waals surface area contributed by atoms with Crippen LogP contribution in [-0.2, 0) is 7.05 Å². The van der Waals surface area contributed by atoms with Gasteiger partial charge >= 0.3 is 6.03 Å². The number of urea groups is 1. The second-order valence-corrected chi connectivity index (χ2v) is 7.67. The highest BCUT2D eigenvalue weighted by Crippen LogP contribution is 2.31. The molecule has 7 heteroatoms. The molecule has 2 aromatic heterocycles. The maximum Gasteiger partial charge on any atom is 0.321 e. The normalized spacial score (nSPS) is 18.2. The summed E-state index contributed by atoms with van der Waals surface area (Å²) in [5.74, 6) is 0.795. The van der Waals surface area contributed by atoms with E-state index in [4.69, 9.17) is 4.98 Å². The van der Waals surface area contributed by atoms with Crippen molar-refractivity contribution in [3.05, 3.63) is 28.0 Å². The molecule has 1 atom stereocenters. The maximum atomic E-state index is 12.6. The van der Waals surface area contributed by atoms with Crippen LogP contribution in [0.5, 0.6) is 0 Å². The molecule has 1 N–H and O–H groups in total. The molecule has 2 amide bonds. The molecular weight excluding hydrogens is 322 g/mol. The van der Waals surface area contributed by atoms with Gasteiger partial charge in [-0.3, -0.25) is 4.68 Å². The molecule has 1 saturated heterocycles. The number of hydrogen-bond donors (Lipinski definition) is 1. The number of carbonyl (C=O) groups excluding carboxylic acids is 1. The monoisotopic (exact) mass is 347 g/mol. The third-order valence-corrected chi connectivity index (χ3v) is 5.47. The zero-order chi connectivity index (χ0) is 17.3. The Balaban J connectivity index is 1.66. The molecule has 0 radical (unpaired) electrons. The summed E-state index contributed by atoms with van der Waals surface area (Å²) >= 11 is 1.73. The number of hydrogen-bond acceptors (Lipinski definition) is 4. The molecule has 24 heavy (non-hydrogen) atoms. The second-order valence-electron chi connectivity index (χ2n) is 6.78. The van der Waals surface area contributed by atoms with E-state index in [0.29, 0.717) is 11.8 Å². The Morgan fingerprint density at radius 2 is 2.25 bits per heavy atom. The molecule has 1 aliphatic heterocycles. The van der Waals surface area contributed by atoms with Crippen LogP contribution < -0.4 is 5.32 Å². The minimum atomic E-state index is -0.0450. The van der Waals surface area contributed by atoms with Crippen LogP contribution in [0.1, 0.15) is 54.9 Å². The first kappa shape index (κ1) is 17.0. The van der Waals surface area contributed by atoms with Crippen molar-refractivity contribution >= 4 is 23.1 Å². The highest BCUT2D eigenvalue weighted by molar-refractivity contribution is 7.09. The molecule has 3 heterocycles. The van der Waals surface area contributed by atoms with Crippen LogP contribution in [0.4, 0.5) is 10.5 Å². The number of aromatic nitrogens is 3. The summed E-state index contributed by atoms with van der Waals surface area (Å²) in [6.07, 6.45) is 3.95. The van der Waals surface area contributed by atoms with Crippen LogP contribution in [0.15, 0.2) is 11.6 Å². The van der Waals surface area contributed by atoms with Crippen molar-refractivity contribution in [2.45, 2.75) is 45.4 Å². The van der Waals surface area contributed by atoms with Crippen molar-refractivity contribution < 1.29 is 4.79 Å². The smallest absolute Gasteiger partial charge is 0.321 e. The molecule has 0 spiro atoms. The first-order valence-electron chi connectivity index (χ1n) is 8.45. The highest BCUT2D eigenvalue weighted by Gasteiger charge is 2.27. The van der Waals surface area contributed by atoms with E-state index in [2.05, 4.69) is 29.6 Å². The van der Waals surface area contributed by atoms with Crippen LogP contribution in [0, 0.1) is 6.92 Å². The number of nitrogens with zero attached hydrogens (tertiary/aromatic N) is 4. The Morgan fingerprint density at radius 1 is 1.46 bits per heavy atom. The fourth-order valence-corrected chi connectivity index (χ4v) is 4.14. The van der Waals surface area contributed by atoms with Crippen molar-refractivity contribution in [3.8, 4) is 0 Å². The van der Waals surface area contributed by atoms with Crippen LogP contribution >= 0.6 is 11.3 Å². The Hall–Kier alpha value is -1.89. The Labute approximate surface area is 146 Å². The van der Waals surface area contributed by atoms with Gasteiger partial charge in [-0.05, 0) is 25.7 Å². The number of rotatable bonds is 3. The molecule has 0 saturated carbocycles. The van der Waals surface area contributed by atoms with E-state index in [1.54, 1.807) is 16.0 Å². The minimum absolute atomic E-state index is 0.0450. The lowest BCUT2D eigenvalue weighted by Crippen LogP contribution is -2.41. The molecular formula is C17H25N5OS. The van der Waals surface area contributed by atoms with Gasteiger partial charge in [0.05, 0.1) is 22.1 Å². The van der Waals surface area contributed by atoms with Crippen LogP contribution in [-0.4, -0.2) is 38.8 Å². The van der Waals surface area contributed by atoms with Crippen molar-refractivity contribution in [3.63, 3.8) is 0 Å². The van der Waals surface area contributed by atoms with E-state index in [0.717, 1.165) is 48.0 Å². The molecule has 3 rings (SSSR count). The highest BCUT2D eigenvalue weighted by atomic mass is 32.1. The van der Waals surface area contributed by atoms with Crippen molar-refractivity contribution in [1.82, 2.24) is 19.7 Å². The van der Waals surface area contributed by atoms with E-state index in [1.165, 1.54) is 0 Å². The molecule has 0 bridgehead atoms. The number of nitrogens with one attached hydrogen (secondary N) is 1. The SMILES string of the molecule is Cc1nn(C)cc1NC(=O)N1CCC[C@@H](c2nc(C(C)C)cs2)C1. The Kier molecular flexibility index (Phi) is 4.89. The molecule has 0 unspecified atom stereocenters. The molecule has 2 aromatic rings. The molecule has 6 nitrogen and oxygen atoms in total. The fourth-order valence-electron chi connectivity index (χ4n) is 3.03. The topological polar surface area (TPSA) is 63.1 Å². The van der Waals surface area contributed by atoms with Gasteiger partial charge in [-0.25, -0.2) is 9.78 Å². The van der Waals surface area contributed by atoms with E-state index >= 15 is 0 Å². The first-order valence-corrected chi connectivity index (χ1v) is 9.33. The molecule has 0 aliphatic carbocycles. The van der Waals surface area contributed by atoms with E-state index < -0.39 is 0 Å². The summed E-state index contributed by atoms with van der Waals surface area (Å²) < 4.78 is 1.72. The maximum absolute atomic E-state index is 12.6. The summed E-state index contributed by atoms with van der Waals surface area (Å²) in [5.41, 5.74) is 2.77. The fraction of sp³-hybridized carbons (Fsp3) is 0.588. The first-order chi connectivity index (χ1) is 11.4. The van der Waals surface area contributed by atoms with Gasteiger partial charge in [0.15, 0.2) is 0 Å². The average Bonchev–Trinajstić information content (AvgIpc) is 3.15. The van der Waals surface area contributed by atoms with Crippen LogP contribution in [0.2, 0.25) is 0 Å². The number of anilines is 1. The number of likely N-dealkylation sites (tertiary alicyclic amines) is 1. The van der Waals surface area contributed by atoms with Crippen LogP contribution in [0.3, 0.4) is 0 Å². The third-order valence-electron chi connectivity index (χ3n) is 4.44. The summed E-state index contributed by atoms with van der Waals surface area (Å²) in [7, 11) is 1.86. The number of amides is 2. The van der Waals surface area contributed by atoms with Gasteiger partial charge in [-0.15, -0.1) is 11.3 Å². The summed E-state index contributed by atoms with van der Waals surface area (Å²) in [5, 5.41) is 10.6. The molecule has 1 fully saturated rings. The molecule has 1 aliphatic rings. The van der Waals surface area contributed by atoms with E-state index in [1.807, 2.05) is 25.1 Å². The quantitative estimate of drug-likeness (QED) is 0.920. The lowest BCUT2D eigenvalue weighted by atomic mass is 9.99. The minimum Gasteiger partial charge on any atom is -0.324 e. The summed E-state index contributed by atoms with van der Waals surface area (Å²) in [4.78, 5) is 19.3. The Bertz CT molecular complexity index is 720. The predicted molar refractivity (Wildman–Crippen MR) is 96.7 cm³/mol. The van der Waals surface area contributed by atoms with Gasteiger partial charge in [-0.2, -0.15) is 5.10 Å². The average molecular weight is 347 g/mol. The number of carbonyl (C=O) groups is 1. The van der Waals surface area contributed by atoms with E-state index in [9.17, 15) is 4.79 Å².